The largest absolute Gasteiger partial charge is 0.499 e. The number of nitro benzene ring substituents is 2. The molecule has 26 nitrogen and oxygen atoms in total. The zero-order chi connectivity index (χ0) is 49.8. The van der Waals surface area contributed by atoms with Gasteiger partial charge in [0.1, 0.15) is 37.2 Å². The van der Waals surface area contributed by atoms with Crippen LogP contribution in [0.25, 0.3) is 11.4 Å². The molecule has 4 N–H and O–H groups in total. The summed E-state index contributed by atoms with van der Waals surface area (Å²) >= 11 is 1.27. The van der Waals surface area contributed by atoms with E-state index >= 15 is 0 Å². The van der Waals surface area contributed by atoms with E-state index in [4.69, 9.17) is 52.1 Å². The molecule has 4 atom stereocenters. The number of rotatable bonds is 36. The Bertz CT molecular complexity index is 2070. The summed E-state index contributed by atoms with van der Waals surface area (Å²) in [7, 11) is 0. The number of amides is 2. The number of non-ortho nitro benzene ring substituents is 1. The maximum absolute atomic E-state index is 12.0. The zero-order valence-corrected chi connectivity index (χ0v) is 39.8. The average molecular weight is 1010 g/mol. The predicted molar refractivity (Wildman–Crippen MR) is 249 cm³/mol. The second kappa shape index (κ2) is 30.9. The van der Waals surface area contributed by atoms with E-state index in [-0.39, 0.29) is 107 Å². The summed E-state index contributed by atoms with van der Waals surface area (Å²) in [4.78, 5) is 53.2. The number of carbonyl (C=O) groups excluding carboxylic acids is 2. The number of nitrogens with one attached hydrogen (secondary N) is 4. The minimum Gasteiger partial charge on any atom is -0.499 e. The van der Waals surface area contributed by atoms with Gasteiger partial charge in [0, 0.05) is 54.7 Å². The van der Waals surface area contributed by atoms with Crippen LogP contribution in [-0.4, -0.2) is 191 Å². The molecule has 0 saturated carbocycles. The second-order valence-corrected chi connectivity index (χ2v) is 16.2. The Labute approximate surface area is 407 Å². The van der Waals surface area contributed by atoms with Crippen LogP contribution < -0.4 is 21.3 Å². The van der Waals surface area contributed by atoms with Crippen molar-refractivity contribution in [2.24, 2.45) is 0 Å². The lowest BCUT2D eigenvalue weighted by atomic mass is 9.98. The summed E-state index contributed by atoms with van der Waals surface area (Å²) in [5, 5.41) is 34.2. The van der Waals surface area contributed by atoms with Crippen molar-refractivity contribution in [2.45, 2.75) is 44.0 Å². The molecule has 2 aliphatic rings. The second-order valence-electron chi connectivity index (χ2n) is 15.5. The summed E-state index contributed by atoms with van der Waals surface area (Å²) in [6.07, 6.45) is 4.95. The number of hydrogen-bond donors (Lipinski definition) is 4. The lowest BCUT2D eigenvalue weighted by Crippen LogP contribution is -2.55. The molecule has 0 aliphatic carbocycles. The molecule has 386 valence electrons. The van der Waals surface area contributed by atoms with Gasteiger partial charge < -0.3 is 73.4 Å². The van der Waals surface area contributed by atoms with Crippen LogP contribution >= 0.6 is 11.5 Å². The van der Waals surface area contributed by atoms with Gasteiger partial charge in [0.15, 0.2) is 11.6 Å². The van der Waals surface area contributed by atoms with Crippen LogP contribution in [0.1, 0.15) is 13.8 Å². The summed E-state index contributed by atoms with van der Waals surface area (Å²) < 4.78 is 66.9. The third kappa shape index (κ3) is 20.4. The van der Waals surface area contributed by atoms with Crippen LogP contribution in [0.15, 0.2) is 55.1 Å². The highest BCUT2D eigenvalue weighted by Crippen LogP contribution is 2.37. The predicted octanol–water partition coefficient (Wildman–Crippen LogP) is 2.11. The standard InChI is InChI=1S/C43H61N9O17S/c1-43(2)68-39-34(48-42-49-41(50-70-42)31-5-8-44-9-6-31)28-67-36(40(39)69-43)29-65-25-23-64-22-21-62-19-18-61-16-11-46-37(53)7-13-59-15-12-47-38(54)30-66-26-24-63-20-17-60-14-10-45-33-4-3-32(51(55)56)27-35(33)52(57)58/h3-9,13,27,34,36,39-40,45H,10-12,14-26,28-30H2,1-2H3,(H,46,53)(H,47,54)(H,48,49,50)/b13-7+/t34-,36+,39+,40-/m0/s1. The molecule has 3 aromatic rings. The molecule has 5 rings (SSSR count). The van der Waals surface area contributed by atoms with E-state index < -0.39 is 21.3 Å². The molecule has 0 radical (unpaired) electrons. The Morgan fingerprint density at radius 3 is 2.10 bits per heavy atom. The molecule has 1 aromatic carbocycles. The van der Waals surface area contributed by atoms with Gasteiger partial charge in [0.05, 0.1) is 127 Å². The molecular weight excluding hydrogens is 947 g/mol. The molecule has 2 amide bonds. The van der Waals surface area contributed by atoms with E-state index in [1.54, 1.807) is 12.4 Å². The van der Waals surface area contributed by atoms with Crippen molar-refractivity contribution in [1.82, 2.24) is 25.0 Å². The first-order valence-electron chi connectivity index (χ1n) is 22.5. The minimum absolute atomic E-state index is 0.144. The van der Waals surface area contributed by atoms with Crippen molar-refractivity contribution < 1.29 is 71.5 Å². The number of benzene rings is 1. The Kier molecular flexibility index (Phi) is 24.4. The topological polar surface area (TPSA) is 309 Å². The van der Waals surface area contributed by atoms with Gasteiger partial charge in [-0.15, -0.1) is 0 Å². The van der Waals surface area contributed by atoms with Crippen LogP contribution in [0.3, 0.4) is 0 Å². The Balaban J connectivity index is 0.750. The molecule has 27 heteroatoms. The van der Waals surface area contributed by atoms with Crippen molar-refractivity contribution in [3.63, 3.8) is 0 Å². The van der Waals surface area contributed by atoms with Gasteiger partial charge in [-0.3, -0.25) is 34.8 Å². The number of aromatic nitrogens is 3. The molecule has 2 aliphatic heterocycles. The van der Waals surface area contributed by atoms with Crippen molar-refractivity contribution in [1.29, 1.82) is 0 Å². The highest BCUT2D eigenvalue weighted by molar-refractivity contribution is 7.09. The fourth-order valence-electron chi connectivity index (χ4n) is 6.60. The summed E-state index contributed by atoms with van der Waals surface area (Å²) in [5.41, 5.74) is 0.258. The molecule has 2 aromatic heterocycles. The fourth-order valence-corrected chi connectivity index (χ4v) is 7.25. The summed E-state index contributed by atoms with van der Waals surface area (Å²) in [6, 6.07) is 6.88. The fraction of sp³-hybridized carbons (Fsp3) is 0.605. The van der Waals surface area contributed by atoms with Crippen LogP contribution in [0.2, 0.25) is 0 Å². The maximum Gasteiger partial charge on any atom is 0.299 e. The van der Waals surface area contributed by atoms with Crippen molar-refractivity contribution in [3.05, 3.63) is 75.3 Å². The molecule has 2 fully saturated rings. The Morgan fingerprint density at radius 1 is 0.786 bits per heavy atom. The number of anilines is 2. The quantitative estimate of drug-likeness (QED) is 0.0213. The van der Waals surface area contributed by atoms with Gasteiger partial charge in [-0.05, 0) is 32.0 Å². The Morgan fingerprint density at radius 2 is 1.41 bits per heavy atom. The van der Waals surface area contributed by atoms with Crippen molar-refractivity contribution >= 4 is 45.5 Å². The normalized spacial score (nSPS) is 18.3. The highest BCUT2D eigenvalue weighted by atomic mass is 32.1. The number of pyridine rings is 1. The summed E-state index contributed by atoms with van der Waals surface area (Å²) in [6.45, 7) is 8.86. The van der Waals surface area contributed by atoms with Crippen LogP contribution in [0.4, 0.5) is 22.2 Å². The van der Waals surface area contributed by atoms with Gasteiger partial charge in [0.25, 0.3) is 11.4 Å². The van der Waals surface area contributed by atoms with E-state index in [0.29, 0.717) is 77.0 Å². The zero-order valence-electron chi connectivity index (χ0n) is 39.0. The lowest BCUT2D eigenvalue weighted by molar-refractivity contribution is -0.393. The van der Waals surface area contributed by atoms with E-state index in [2.05, 4.69) is 35.6 Å². The van der Waals surface area contributed by atoms with Crippen LogP contribution in [0, 0.1) is 20.2 Å². The van der Waals surface area contributed by atoms with Crippen LogP contribution in [-0.2, 0) is 61.7 Å². The monoisotopic (exact) mass is 1010 g/mol. The van der Waals surface area contributed by atoms with E-state index in [9.17, 15) is 29.8 Å². The van der Waals surface area contributed by atoms with Gasteiger partial charge >= 0.3 is 0 Å². The molecular formula is C43H61N9O17S. The maximum atomic E-state index is 12.0. The number of nitrogens with zero attached hydrogens (tertiary/aromatic N) is 5. The van der Waals surface area contributed by atoms with E-state index in [1.165, 1.54) is 36.0 Å². The minimum atomic E-state index is -0.776. The highest BCUT2D eigenvalue weighted by Gasteiger charge is 2.52. The third-order valence-corrected chi connectivity index (χ3v) is 10.5. The average Bonchev–Trinajstić information content (AvgIpc) is 3.96. The first-order chi connectivity index (χ1) is 34.0. The van der Waals surface area contributed by atoms with E-state index in [0.717, 1.165) is 11.6 Å². The van der Waals surface area contributed by atoms with Crippen LogP contribution in [0.5, 0.6) is 0 Å². The molecule has 0 spiro atoms. The first kappa shape index (κ1) is 55.3. The van der Waals surface area contributed by atoms with Gasteiger partial charge in [-0.25, -0.2) is 0 Å². The lowest BCUT2D eigenvalue weighted by Gasteiger charge is -2.37. The SMILES string of the molecule is CC1(C)O[C@@H]2[C@H](O1)[C@@H](Nc1nc(-c3ccncc3)ns1)CO[C@@H]2COCCOCCOCCOCCNC(=O)/C=C/OCCNC(=O)COCCOCCOCCNc1ccc([N+](=O)[O-])cc1[N+](=O)[O-]. The summed E-state index contributed by atoms with van der Waals surface area (Å²) in [5.74, 6) is -0.857. The molecule has 70 heavy (non-hydrogen) atoms. The van der Waals surface area contributed by atoms with Crippen molar-refractivity contribution in [2.75, 3.05) is 136 Å². The molecule has 2 saturated heterocycles. The smallest absolute Gasteiger partial charge is 0.299 e. The molecule has 4 heterocycles. The van der Waals surface area contributed by atoms with Crippen molar-refractivity contribution in [3.8, 4) is 11.4 Å². The third-order valence-electron chi connectivity index (χ3n) is 9.82. The Hall–Kier alpha value is -5.59. The molecule has 0 bridgehead atoms. The number of nitro groups is 2. The number of hydrogen-bond acceptors (Lipinski definition) is 23. The molecule has 0 unspecified atom stereocenters. The number of ether oxygens (including phenoxy) is 11. The van der Waals surface area contributed by atoms with Gasteiger partial charge in [-0.1, -0.05) is 0 Å². The first-order valence-corrected chi connectivity index (χ1v) is 23.3. The van der Waals surface area contributed by atoms with Gasteiger partial charge in [0.2, 0.25) is 16.9 Å². The number of carbonyl (C=O) groups is 2. The number of fused-ring (bicyclic) bond motifs is 1. The van der Waals surface area contributed by atoms with Gasteiger partial charge in [-0.2, -0.15) is 9.36 Å². The van der Waals surface area contributed by atoms with E-state index in [1.807, 2.05) is 26.0 Å².